The minimum atomic E-state index is -0.129. The molecule has 2 heterocycles. The summed E-state index contributed by atoms with van der Waals surface area (Å²) in [6.07, 6.45) is 4.04. The molecule has 0 aliphatic carbocycles. The van der Waals surface area contributed by atoms with E-state index in [4.69, 9.17) is 10.8 Å². The number of hydrogen-bond donors (Lipinski definition) is 2. The maximum atomic E-state index is 9.08. The van der Waals surface area contributed by atoms with E-state index in [0.717, 1.165) is 25.9 Å². The zero-order valence-electron chi connectivity index (χ0n) is 7.06. The highest BCUT2D eigenvalue weighted by Gasteiger charge is 2.31. The molecule has 1 saturated heterocycles. The summed E-state index contributed by atoms with van der Waals surface area (Å²) in [4.78, 5) is 6.52. The SMILES string of the molecule is NC1C=NC(N2CC(O)C2)CC1. The van der Waals surface area contributed by atoms with Gasteiger partial charge in [-0.25, -0.2) is 0 Å². The fourth-order valence-corrected chi connectivity index (χ4v) is 1.71. The van der Waals surface area contributed by atoms with Crippen molar-refractivity contribution in [1.29, 1.82) is 0 Å². The van der Waals surface area contributed by atoms with Gasteiger partial charge < -0.3 is 10.8 Å². The Morgan fingerprint density at radius 2 is 2.17 bits per heavy atom. The molecule has 0 spiro atoms. The van der Waals surface area contributed by atoms with Crippen molar-refractivity contribution in [3.8, 4) is 0 Å². The van der Waals surface area contributed by atoms with E-state index in [1.54, 1.807) is 0 Å². The Morgan fingerprint density at radius 3 is 2.67 bits per heavy atom. The molecule has 0 radical (unpaired) electrons. The minimum absolute atomic E-state index is 0.129. The third kappa shape index (κ3) is 1.50. The Balaban J connectivity index is 1.86. The second-order valence-electron chi connectivity index (χ2n) is 3.63. The molecule has 4 nitrogen and oxygen atoms in total. The molecule has 0 bridgehead atoms. The first-order chi connectivity index (χ1) is 5.75. The van der Waals surface area contributed by atoms with Crippen LogP contribution < -0.4 is 5.73 Å². The standard InChI is InChI=1S/C8H15N3O/c9-6-1-2-8(10-3-6)11-4-7(12)5-11/h3,6-8,12H,1-2,4-5,9H2. The lowest BCUT2D eigenvalue weighted by molar-refractivity contribution is -0.0258. The van der Waals surface area contributed by atoms with Crippen LogP contribution in [0.2, 0.25) is 0 Å². The third-order valence-corrected chi connectivity index (χ3v) is 2.52. The summed E-state index contributed by atoms with van der Waals surface area (Å²) in [7, 11) is 0. The molecule has 68 valence electrons. The Bertz CT molecular complexity index is 189. The average Bonchev–Trinajstić information content (AvgIpc) is 2.01. The lowest BCUT2D eigenvalue weighted by Crippen LogP contribution is -2.55. The van der Waals surface area contributed by atoms with E-state index in [1.807, 2.05) is 6.21 Å². The smallest absolute Gasteiger partial charge is 0.102 e. The van der Waals surface area contributed by atoms with Gasteiger partial charge in [0.2, 0.25) is 0 Å². The van der Waals surface area contributed by atoms with E-state index >= 15 is 0 Å². The second kappa shape index (κ2) is 3.12. The first kappa shape index (κ1) is 8.16. The normalized spacial score (nSPS) is 38.2. The molecule has 3 N–H and O–H groups in total. The fourth-order valence-electron chi connectivity index (χ4n) is 1.71. The van der Waals surface area contributed by atoms with Gasteiger partial charge in [0.05, 0.1) is 6.10 Å². The summed E-state index contributed by atoms with van der Waals surface area (Å²) < 4.78 is 0. The maximum Gasteiger partial charge on any atom is 0.102 e. The van der Waals surface area contributed by atoms with Gasteiger partial charge in [-0.1, -0.05) is 0 Å². The van der Waals surface area contributed by atoms with E-state index in [-0.39, 0.29) is 18.3 Å². The maximum absolute atomic E-state index is 9.08. The second-order valence-corrected chi connectivity index (χ2v) is 3.63. The molecule has 0 aromatic heterocycles. The number of hydrogen-bond acceptors (Lipinski definition) is 4. The van der Waals surface area contributed by atoms with E-state index in [9.17, 15) is 0 Å². The van der Waals surface area contributed by atoms with Crippen molar-refractivity contribution in [3.05, 3.63) is 0 Å². The number of aliphatic imine (C=N–C) groups is 1. The summed E-state index contributed by atoms with van der Waals surface area (Å²) in [6.45, 7) is 1.55. The predicted octanol–water partition coefficient (Wildman–Crippen LogP) is -0.819. The van der Waals surface area contributed by atoms with Crippen molar-refractivity contribution >= 4 is 6.21 Å². The quantitative estimate of drug-likeness (QED) is 0.539. The summed E-state index contributed by atoms with van der Waals surface area (Å²) in [5, 5.41) is 9.08. The van der Waals surface area contributed by atoms with Crippen LogP contribution in [0.3, 0.4) is 0 Å². The number of aliphatic hydroxyl groups excluding tert-OH is 1. The highest BCUT2D eigenvalue weighted by molar-refractivity contribution is 5.64. The largest absolute Gasteiger partial charge is 0.390 e. The number of likely N-dealkylation sites (tertiary alicyclic amines) is 1. The van der Waals surface area contributed by atoms with Crippen LogP contribution in [0.4, 0.5) is 0 Å². The van der Waals surface area contributed by atoms with Crippen molar-refractivity contribution in [2.45, 2.75) is 31.2 Å². The first-order valence-corrected chi connectivity index (χ1v) is 4.46. The van der Waals surface area contributed by atoms with Gasteiger partial charge in [0.25, 0.3) is 0 Å². The van der Waals surface area contributed by atoms with Crippen LogP contribution in [-0.4, -0.2) is 47.6 Å². The summed E-state index contributed by atoms with van der Waals surface area (Å²) in [5.74, 6) is 0. The minimum Gasteiger partial charge on any atom is -0.390 e. The molecular formula is C8H15N3O. The summed E-state index contributed by atoms with van der Waals surface area (Å²) >= 11 is 0. The molecule has 0 amide bonds. The molecule has 1 fully saturated rings. The molecule has 12 heavy (non-hydrogen) atoms. The highest BCUT2D eigenvalue weighted by atomic mass is 16.3. The molecule has 2 atom stereocenters. The third-order valence-electron chi connectivity index (χ3n) is 2.52. The van der Waals surface area contributed by atoms with Crippen LogP contribution in [0, 0.1) is 0 Å². The molecule has 2 rings (SSSR count). The molecule has 2 unspecified atom stereocenters. The number of rotatable bonds is 1. The van der Waals surface area contributed by atoms with Gasteiger partial charge in [0, 0.05) is 25.3 Å². The molecular weight excluding hydrogens is 154 g/mol. The van der Waals surface area contributed by atoms with E-state index in [2.05, 4.69) is 9.89 Å². The van der Waals surface area contributed by atoms with Crippen LogP contribution >= 0.6 is 0 Å². The van der Waals surface area contributed by atoms with Gasteiger partial charge in [0.15, 0.2) is 0 Å². The summed E-state index contributed by atoms with van der Waals surface area (Å²) in [5.41, 5.74) is 5.67. The number of aliphatic hydroxyl groups is 1. The zero-order valence-corrected chi connectivity index (χ0v) is 7.06. The molecule has 0 aromatic rings. The highest BCUT2D eigenvalue weighted by Crippen LogP contribution is 2.19. The number of nitrogens with zero attached hydrogens (tertiary/aromatic N) is 2. The lowest BCUT2D eigenvalue weighted by atomic mass is 10.0. The fraction of sp³-hybridized carbons (Fsp3) is 0.875. The summed E-state index contributed by atoms with van der Waals surface area (Å²) in [6, 6.07) is 0.146. The van der Waals surface area contributed by atoms with E-state index in [1.165, 1.54) is 0 Å². The number of nitrogens with two attached hydrogens (primary N) is 1. The topological polar surface area (TPSA) is 61.8 Å². The lowest BCUT2D eigenvalue weighted by Gasteiger charge is -2.41. The Hall–Kier alpha value is -0.450. The molecule has 0 aromatic carbocycles. The van der Waals surface area contributed by atoms with Crippen molar-refractivity contribution < 1.29 is 5.11 Å². The van der Waals surface area contributed by atoms with Gasteiger partial charge in [-0.15, -0.1) is 0 Å². The van der Waals surface area contributed by atoms with Crippen LogP contribution in [0.15, 0.2) is 4.99 Å². The Morgan fingerprint density at radius 1 is 1.42 bits per heavy atom. The van der Waals surface area contributed by atoms with Crippen molar-refractivity contribution in [3.63, 3.8) is 0 Å². The van der Waals surface area contributed by atoms with Crippen LogP contribution in [-0.2, 0) is 0 Å². The molecule has 0 saturated carbocycles. The van der Waals surface area contributed by atoms with Gasteiger partial charge in [-0.05, 0) is 12.8 Å². The zero-order chi connectivity index (χ0) is 8.55. The van der Waals surface area contributed by atoms with Gasteiger partial charge in [-0.2, -0.15) is 0 Å². The van der Waals surface area contributed by atoms with E-state index in [0.29, 0.717) is 0 Å². The van der Waals surface area contributed by atoms with Crippen LogP contribution in [0.25, 0.3) is 0 Å². The van der Waals surface area contributed by atoms with E-state index < -0.39 is 0 Å². The van der Waals surface area contributed by atoms with Crippen molar-refractivity contribution in [1.82, 2.24) is 4.90 Å². The van der Waals surface area contributed by atoms with Crippen LogP contribution in [0.1, 0.15) is 12.8 Å². The molecule has 4 heteroatoms. The van der Waals surface area contributed by atoms with Crippen LogP contribution in [0.5, 0.6) is 0 Å². The van der Waals surface area contributed by atoms with Crippen molar-refractivity contribution in [2.75, 3.05) is 13.1 Å². The number of β-amino-alcohol motifs (C(OH)–C–C–N with tert-alkyl or cyclic N) is 1. The van der Waals surface area contributed by atoms with Crippen molar-refractivity contribution in [2.24, 2.45) is 10.7 Å². The monoisotopic (exact) mass is 169 g/mol. The van der Waals surface area contributed by atoms with Gasteiger partial charge in [0.1, 0.15) is 6.17 Å². The Labute approximate surface area is 72.1 Å². The first-order valence-electron chi connectivity index (χ1n) is 4.46. The Kier molecular flexibility index (Phi) is 2.12. The van der Waals surface area contributed by atoms with Gasteiger partial charge >= 0.3 is 0 Å². The van der Waals surface area contributed by atoms with Gasteiger partial charge in [-0.3, -0.25) is 9.89 Å². The molecule has 2 aliphatic rings. The predicted molar refractivity (Wildman–Crippen MR) is 47.1 cm³/mol. The molecule has 2 aliphatic heterocycles. The average molecular weight is 169 g/mol.